The van der Waals surface area contributed by atoms with E-state index in [1.54, 1.807) is 12.1 Å². The number of halogens is 3. The molecule has 0 saturated heterocycles. The van der Waals surface area contributed by atoms with E-state index in [1.807, 2.05) is 6.07 Å². The fraction of sp³-hybridized carbons (Fsp3) is 0.111. The van der Waals surface area contributed by atoms with E-state index in [0.717, 1.165) is 8.95 Å². The summed E-state index contributed by atoms with van der Waals surface area (Å²) in [5, 5.41) is 9.59. The Morgan fingerprint density at radius 3 is 2.43 bits per heavy atom. The summed E-state index contributed by atoms with van der Waals surface area (Å²) in [6.45, 7) is 3.57. The van der Waals surface area contributed by atoms with Gasteiger partial charge in [0.05, 0.1) is 6.04 Å². The van der Waals surface area contributed by atoms with Crippen LogP contribution in [0.1, 0.15) is 11.6 Å². The zero-order valence-corrected chi connectivity index (χ0v) is 11.2. The molecule has 5 heteroatoms. The van der Waals surface area contributed by atoms with Crippen molar-refractivity contribution in [2.45, 2.75) is 6.04 Å². The van der Waals surface area contributed by atoms with Gasteiger partial charge in [0.1, 0.15) is 5.75 Å². The molecule has 0 unspecified atom stereocenters. The molecule has 0 bridgehead atoms. The minimum atomic E-state index is -0.359. The average molecular weight is 343 g/mol. The number of rotatable bonds is 2. The fourth-order valence-electron chi connectivity index (χ4n) is 1.02. The molecule has 0 radical (unpaired) electrons. The van der Waals surface area contributed by atoms with Crippen molar-refractivity contribution in [1.29, 1.82) is 0 Å². The summed E-state index contributed by atoms with van der Waals surface area (Å²) in [5.74, 6) is 0.161. The van der Waals surface area contributed by atoms with Crippen LogP contribution in [0.5, 0.6) is 5.75 Å². The van der Waals surface area contributed by atoms with Crippen LogP contribution in [0.2, 0.25) is 0 Å². The molecule has 1 rings (SSSR count). The van der Waals surface area contributed by atoms with E-state index in [-0.39, 0.29) is 24.2 Å². The number of hydrogen-bond acceptors (Lipinski definition) is 2. The first-order chi connectivity index (χ1) is 6.06. The van der Waals surface area contributed by atoms with E-state index in [2.05, 4.69) is 38.4 Å². The molecule has 0 aliphatic heterocycles. The van der Waals surface area contributed by atoms with Crippen LogP contribution >= 0.6 is 44.3 Å². The lowest BCUT2D eigenvalue weighted by molar-refractivity contribution is 0.465. The zero-order chi connectivity index (χ0) is 10.0. The highest BCUT2D eigenvalue weighted by atomic mass is 79.9. The second-order valence-electron chi connectivity index (χ2n) is 2.58. The summed E-state index contributed by atoms with van der Waals surface area (Å²) in [5.41, 5.74) is 6.37. The van der Waals surface area contributed by atoms with Crippen LogP contribution < -0.4 is 5.73 Å². The molecule has 3 N–H and O–H groups in total. The lowest BCUT2D eigenvalue weighted by Crippen LogP contribution is -2.07. The normalized spacial score (nSPS) is 11.6. The monoisotopic (exact) mass is 341 g/mol. The van der Waals surface area contributed by atoms with E-state index in [9.17, 15) is 5.11 Å². The van der Waals surface area contributed by atoms with E-state index in [1.165, 1.54) is 0 Å². The van der Waals surface area contributed by atoms with Gasteiger partial charge in [0.25, 0.3) is 0 Å². The first-order valence-electron chi connectivity index (χ1n) is 3.62. The number of hydrogen-bond donors (Lipinski definition) is 2. The maximum absolute atomic E-state index is 9.59. The first kappa shape index (κ1) is 14.0. The molecule has 1 aromatic carbocycles. The number of nitrogens with two attached hydrogens (primary N) is 1. The molecule has 0 aromatic heterocycles. The maximum atomic E-state index is 9.59. The number of phenolic OH excluding ortho intramolecular Hbond substituents is 1. The van der Waals surface area contributed by atoms with Crippen LogP contribution in [0.4, 0.5) is 0 Å². The number of phenols is 1. The Morgan fingerprint density at radius 1 is 1.43 bits per heavy atom. The fourth-order valence-corrected chi connectivity index (χ4v) is 2.49. The van der Waals surface area contributed by atoms with Crippen molar-refractivity contribution in [3.05, 3.63) is 39.3 Å². The highest BCUT2D eigenvalue weighted by Crippen LogP contribution is 2.34. The summed E-state index contributed by atoms with van der Waals surface area (Å²) in [4.78, 5) is 0. The summed E-state index contributed by atoms with van der Waals surface area (Å²) in [6.07, 6.45) is 1.58. The second kappa shape index (κ2) is 5.75. The SMILES string of the molecule is C=C[C@@H](N)c1c(O)cc(Br)cc1Br.Cl. The van der Waals surface area contributed by atoms with Gasteiger partial charge in [-0.25, -0.2) is 0 Å². The van der Waals surface area contributed by atoms with Gasteiger partial charge in [0, 0.05) is 14.5 Å². The van der Waals surface area contributed by atoms with Crippen molar-refractivity contribution in [3.63, 3.8) is 0 Å². The average Bonchev–Trinajstić information content (AvgIpc) is 2.02. The summed E-state index contributed by atoms with van der Waals surface area (Å²) >= 11 is 6.58. The summed E-state index contributed by atoms with van der Waals surface area (Å²) in [6, 6.07) is 3.07. The van der Waals surface area contributed by atoms with Crippen LogP contribution in [0.15, 0.2) is 33.7 Å². The van der Waals surface area contributed by atoms with Gasteiger partial charge in [-0.1, -0.05) is 37.9 Å². The van der Waals surface area contributed by atoms with Gasteiger partial charge in [-0.3, -0.25) is 0 Å². The molecule has 0 saturated carbocycles. The predicted octanol–water partition coefficient (Wildman–Crippen LogP) is 3.52. The third kappa shape index (κ3) is 2.98. The van der Waals surface area contributed by atoms with Gasteiger partial charge in [-0.05, 0) is 12.1 Å². The third-order valence-corrected chi connectivity index (χ3v) is 2.77. The largest absolute Gasteiger partial charge is 0.508 e. The van der Waals surface area contributed by atoms with E-state index in [4.69, 9.17) is 5.73 Å². The molecule has 0 spiro atoms. The number of benzene rings is 1. The predicted molar refractivity (Wildman–Crippen MR) is 67.9 cm³/mol. The van der Waals surface area contributed by atoms with Crippen molar-refractivity contribution in [2.75, 3.05) is 0 Å². The zero-order valence-electron chi connectivity index (χ0n) is 7.21. The van der Waals surface area contributed by atoms with Crippen LogP contribution in [0.25, 0.3) is 0 Å². The smallest absolute Gasteiger partial charge is 0.122 e. The third-order valence-electron chi connectivity index (χ3n) is 1.66. The van der Waals surface area contributed by atoms with E-state index >= 15 is 0 Å². The standard InChI is InChI=1S/C9H9Br2NO.ClH/c1-2-7(12)9-6(11)3-5(10)4-8(9)13;/h2-4,7,13H,1,12H2;1H/t7-;/m1./s1. The molecule has 78 valence electrons. The Kier molecular flexibility index (Phi) is 5.74. The lowest BCUT2D eigenvalue weighted by Gasteiger charge is -2.11. The molecule has 2 nitrogen and oxygen atoms in total. The van der Waals surface area contributed by atoms with Gasteiger partial charge < -0.3 is 10.8 Å². The van der Waals surface area contributed by atoms with Crippen molar-refractivity contribution in [3.8, 4) is 5.75 Å². The van der Waals surface area contributed by atoms with Crippen molar-refractivity contribution in [1.82, 2.24) is 0 Å². The molecule has 0 aliphatic rings. The summed E-state index contributed by atoms with van der Waals surface area (Å²) < 4.78 is 1.57. The highest BCUT2D eigenvalue weighted by Gasteiger charge is 2.12. The quantitative estimate of drug-likeness (QED) is 0.807. The first-order valence-corrected chi connectivity index (χ1v) is 5.21. The Morgan fingerprint density at radius 2 is 2.00 bits per heavy atom. The molecule has 0 fully saturated rings. The summed E-state index contributed by atoms with van der Waals surface area (Å²) in [7, 11) is 0. The van der Waals surface area contributed by atoms with E-state index < -0.39 is 0 Å². The molecule has 14 heavy (non-hydrogen) atoms. The van der Waals surface area contributed by atoms with Crippen molar-refractivity contribution < 1.29 is 5.11 Å². The van der Waals surface area contributed by atoms with E-state index in [0.29, 0.717) is 5.56 Å². The second-order valence-corrected chi connectivity index (χ2v) is 4.35. The van der Waals surface area contributed by atoms with Crippen LogP contribution in [0.3, 0.4) is 0 Å². The van der Waals surface area contributed by atoms with Crippen molar-refractivity contribution in [2.24, 2.45) is 5.73 Å². The Hall–Kier alpha value is -0.0300. The molecule has 0 aliphatic carbocycles. The molecule has 1 atom stereocenters. The van der Waals surface area contributed by atoms with Crippen molar-refractivity contribution >= 4 is 44.3 Å². The minimum absolute atomic E-state index is 0. The number of aromatic hydroxyl groups is 1. The van der Waals surface area contributed by atoms with Gasteiger partial charge in [0.15, 0.2) is 0 Å². The van der Waals surface area contributed by atoms with Gasteiger partial charge in [-0.2, -0.15) is 0 Å². The Balaban J connectivity index is 0.00000169. The molecule has 0 heterocycles. The van der Waals surface area contributed by atoms with Crippen LogP contribution in [-0.2, 0) is 0 Å². The van der Waals surface area contributed by atoms with Crippen LogP contribution in [-0.4, -0.2) is 5.11 Å². The molecular weight excluding hydrogens is 333 g/mol. The van der Waals surface area contributed by atoms with Gasteiger partial charge in [-0.15, -0.1) is 19.0 Å². The minimum Gasteiger partial charge on any atom is -0.508 e. The highest BCUT2D eigenvalue weighted by molar-refractivity contribution is 9.11. The molecule has 0 amide bonds. The molecular formula is C9H10Br2ClNO. The maximum Gasteiger partial charge on any atom is 0.122 e. The van der Waals surface area contributed by atoms with Gasteiger partial charge in [0.2, 0.25) is 0 Å². The Bertz CT molecular complexity index is 321. The topological polar surface area (TPSA) is 46.2 Å². The molecule has 1 aromatic rings. The lowest BCUT2D eigenvalue weighted by atomic mass is 10.1. The Labute approximate surface area is 106 Å². The van der Waals surface area contributed by atoms with Gasteiger partial charge >= 0.3 is 0 Å². The van der Waals surface area contributed by atoms with Crippen LogP contribution in [0, 0.1) is 0 Å².